The van der Waals surface area contributed by atoms with Crippen molar-refractivity contribution in [3.05, 3.63) is 58.9 Å². The second-order valence-corrected chi connectivity index (χ2v) is 8.41. The second-order valence-electron chi connectivity index (χ2n) is 6.15. The zero-order chi connectivity index (χ0) is 20.9. The molecule has 1 N–H and O–H groups in total. The Hall–Kier alpha value is -2.32. The van der Waals surface area contributed by atoms with Crippen LogP contribution in [0.25, 0.3) is 0 Å². The Morgan fingerprint density at radius 3 is 2.39 bits per heavy atom. The largest absolute Gasteiger partial charge is 0.497 e. The van der Waals surface area contributed by atoms with Gasteiger partial charge < -0.3 is 10.1 Å². The number of carbonyl (C=O) groups is 1. The minimum atomic E-state index is -3.82. The number of carbonyl (C=O) groups excluding carboxylic acids is 1. The SMILES string of the molecule is CC[C@H](C(=O)NCc1ccc(OC)cc1)N(c1ccc(F)c(Cl)c1)S(C)(=O)=O. The minimum absolute atomic E-state index is 0.125. The molecule has 0 unspecified atom stereocenters. The van der Waals surface area contributed by atoms with Crippen LogP contribution in [0.2, 0.25) is 5.02 Å². The van der Waals surface area contributed by atoms with Gasteiger partial charge >= 0.3 is 0 Å². The van der Waals surface area contributed by atoms with Crippen LogP contribution in [0.3, 0.4) is 0 Å². The molecule has 1 amide bonds. The number of nitrogens with zero attached hydrogens (tertiary/aromatic N) is 1. The van der Waals surface area contributed by atoms with Gasteiger partial charge in [-0.25, -0.2) is 12.8 Å². The van der Waals surface area contributed by atoms with Gasteiger partial charge in [0.15, 0.2) is 0 Å². The first-order chi connectivity index (χ1) is 13.2. The molecule has 0 radical (unpaired) electrons. The number of hydrogen-bond donors (Lipinski definition) is 1. The Labute approximate surface area is 169 Å². The molecular weight excluding hydrogens is 407 g/mol. The van der Waals surface area contributed by atoms with E-state index < -0.39 is 27.8 Å². The Morgan fingerprint density at radius 2 is 1.89 bits per heavy atom. The van der Waals surface area contributed by atoms with Crippen molar-refractivity contribution in [2.75, 3.05) is 17.7 Å². The second kappa shape index (κ2) is 9.25. The number of nitrogens with one attached hydrogen (secondary N) is 1. The molecule has 6 nitrogen and oxygen atoms in total. The number of benzene rings is 2. The fourth-order valence-electron chi connectivity index (χ4n) is 2.73. The zero-order valence-corrected chi connectivity index (χ0v) is 17.3. The summed E-state index contributed by atoms with van der Waals surface area (Å²) in [5.74, 6) is -0.446. The molecule has 2 rings (SSSR count). The van der Waals surface area contributed by atoms with Gasteiger partial charge in [0.05, 0.1) is 24.1 Å². The molecule has 0 fully saturated rings. The average molecular weight is 429 g/mol. The van der Waals surface area contributed by atoms with Crippen molar-refractivity contribution in [1.29, 1.82) is 0 Å². The summed E-state index contributed by atoms with van der Waals surface area (Å²) in [7, 11) is -2.26. The molecule has 0 aliphatic rings. The molecule has 9 heteroatoms. The molecule has 28 heavy (non-hydrogen) atoms. The van der Waals surface area contributed by atoms with E-state index in [-0.39, 0.29) is 23.7 Å². The predicted molar refractivity (Wildman–Crippen MR) is 108 cm³/mol. The lowest BCUT2D eigenvalue weighted by Gasteiger charge is -2.30. The fourth-order valence-corrected chi connectivity index (χ4v) is 4.11. The standard InChI is InChI=1S/C19H22ClFN2O4S/c1-4-18(19(24)22-12-13-5-8-15(27-2)9-6-13)23(28(3,25)26)14-7-10-17(21)16(20)11-14/h5-11,18H,4,12H2,1-3H3,(H,22,24)/t18-/m1/s1. The molecule has 152 valence electrons. The Morgan fingerprint density at radius 1 is 1.25 bits per heavy atom. The van der Waals surface area contributed by atoms with Gasteiger partial charge in [-0.1, -0.05) is 30.7 Å². The predicted octanol–water partition coefficient (Wildman–Crippen LogP) is 3.35. The first-order valence-electron chi connectivity index (χ1n) is 8.52. The first kappa shape index (κ1) is 22.0. The van der Waals surface area contributed by atoms with E-state index in [1.807, 2.05) is 0 Å². The van der Waals surface area contributed by atoms with Crippen LogP contribution in [0, 0.1) is 5.82 Å². The highest BCUT2D eigenvalue weighted by molar-refractivity contribution is 7.92. The van der Waals surface area contributed by atoms with Crippen LogP contribution in [0.5, 0.6) is 5.75 Å². The van der Waals surface area contributed by atoms with Crippen molar-refractivity contribution in [3.8, 4) is 5.75 Å². The van der Waals surface area contributed by atoms with Gasteiger partial charge in [0.25, 0.3) is 0 Å². The number of amides is 1. The number of hydrogen-bond acceptors (Lipinski definition) is 4. The van der Waals surface area contributed by atoms with E-state index in [0.29, 0.717) is 5.75 Å². The summed E-state index contributed by atoms with van der Waals surface area (Å²) in [5, 5.41) is 2.52. The van der Waals surface area contributed by atoms with Crippen LogP contribution in [0.1, 0.15) is 18.9 Å². The van der Waals surface area contributed by atoms with Gasteiger partial charge in [0.1, 0.15) is 17.6 Å². The van der Waals surface area contributed by atoms with Crippen LogP contribution in [-0.2, 0) is 21.4 Å². The smallest absolute Gasteiger partial charge is 0.244 e. The van der Waals surface area contributed by atoms with Gasteiger partial charge in [-0.3, -0.25) is 9.10 Å². The molecule has 1 atom stereocenters. The molecule has 0 aliphatic heterocycles. The van der Waals surface area contributed by atoms with Crippen molar-refractivity contribution in [3.63, 3.8) is 0 Å². The lowest BCUT2D eigenvalue weighted by molar-refractivity contribution is -0.122. The third-order valence-corrected chi connectivity index (χ3v) is 5.58. The monoisotopic (exact) mass is 428 g/mol. The Balaban J connectivity index is 2.24. The van der Waals surface area contributed by atoms with Crippen LogP contribution in [0.15, 0.2) is 42.5 Å². The summed E-state index contributed by atoms with van der Waals surface area (Å²) >= 11 is 5.79. The van der Waals surface area contributed by atoms with Crippen molar-refractivity contribution >= 4 is 33.2 Å². The van der Waals surface area contributed by atoms with E-state index in [1.165, 1.54) is 12.1 Å². The van der Waals surface area contributed by atoms with Gasteiger partial charge in [0.2, 0.25) is 15.9 Å². The highest BCUT2D eigenvalue weighted by atomic mass is 35.5. The maximum atomic E-state index is 13.5. The average Bonchev–Trinajstić information content (AvgIpc) is 2.66. The minimum Gasteiger partial charge on any atom is -0.497 e. The van der Waals surface area contributed by atoms with Gasteiger partial charge in [-0.05, 0) is 42.3 Å². The molecule has 0 aromatic heterocycles. The van der Waals surface area contributed by atoms with Crippen LogP contribution in [-0.4, -0.2) is 33.7 Å². The molecule has 0 saturated heterocycles. The van der Waals surface area contributed by atoms with E-state index in [2.05, 4.69) is 5.32 Å². The third kappa shape index (κ3) is 5.36. The lowest BCUT2D eigenvalue weighted by atomic mass is 10.1. The van der Waals surface area contributed by atoms with Gasteiger partial charge in [-0.15, -0.1) is 0 Å². The van der Waals surface area contributed by atoms with Crippen molar-refractivity contribution in [2.24, 2.45) is 0 Å². The van der Waals surface area contributed by atoms with E-state index in [1.54, 1.807) is 38.3 Å². The highest BCUT2D eigenvalue weighted by Gasteiger charge is 2.31. The van der Waals surface area contributed by atoms with E-state index in [9.17, 15) is 17.6 Å². The molecule has 0 bridgehead atoms. The molecule has 0 aliphatic carbocycles. The number of ether oxygens (including phenoxy) is 1. The number of rotatable bonds is 8. The first-order valence-corrected chi connectivity index (χ1v) is 10.7. The number of methoxy groups -OCH3 is 1. The molecule has 2 aromatic carbocycles. The van der Waals surface area contributed by atoms with E-state index >= 15 is 0 Å². The quantitative estimate of drug-likeness (QED) is 0.699. The Bertz CT molecular complexity index is 935. The molecule has 2 aromatic rings. The van der Waals surface area contributed by atoms with Crippen molar-refractivity contribution in [1.82, 2.24) is 5.32 Å². The fraction of sp³-hybridized carbons (Fsp3) is 0.316. The lowest BCUT2D eigenvalue weighted by Crippen LogP contribution is -2.49. The summed E-state index contributed by atoms with van der Waals surface area (Å²) in [6.45, 7) is 1.92. The summed E-state index contributed by atoms with van der Waals surface area (Å²) < 4.78 is 44.3. The van der Waals surface area contributed by atoms with E-state index in [4.69, 9.17) is 16.3 Å². The number of anilines is 1. The maximum absolute atomic E-state index is 13.5. The summed E-state index contributed by atoms with van der Waals surface area (Å²) in [6.07, 6.45) is 1.21. The van der Waals surface area contributed by atoms with Crippen molar-refractivity contribution < 1.29 is 22.3 Å². The summed E-state index contributed by atoms with van der Waals surface area (Å²) in [6, 6.07) is 9.67. The van der Waals surface area contributed by atoms with E-state index in [0.717, 1.165) is 22.2 Å². The van der Waals surface area contributed by atoms with Gasteiger partial charge in [0, 0.05) is 6.54 Å². The maximum Gasteiger partial charge on any atom is 0.244 e. The normalized spacial score (nSPS) is 12.3. The number of sulfonamides is 1. The summed E-state index contributed by atoms with van der Waals surface area (Å²) in [4.78, 5) is 12.7. The van der Waals surface area contributed by atoms with Crippen LogP contribution >= 0.6 is 11.6 Å². The molecule has 0 spiro atoms. The molecular formula is C19H22ClFN2O4S. The Kier molecular flexibility index (Phi) is 7.26. The number of halogens is 2. The van der Waals surface area contributed by atoms with Crippen molar-refractivity contribution in [2.45, 2.75) is 25.9 Å². The molecule has 0 heterocycles. The van der Waals surface area contributed by atoms with Gasteiger partial charge in [-0.2, -0.15) is 0 Å². The van der Waals surface area contributed by atoms with Crippen LogP contribution in [0.4, 0.5) is 10.1 Å². The third-order valence-electron chi connectivity index (χ3n) is 4.11. The van der Waals surface area contributed by atoms with Crippen LogP contribution < -0.4 is 14.4 Å². The zero-order valence-electron chi connectivity index (χ0n) is 15.8. The molecule has 0 saturated carbocycles. The summed E-state index contributed by atoms with van der Waals surface area (Å²) in [5.41, 5.74) is 0.958. The topological polar surface area (TPSA) is 75.7 Å². The highest BCUT2D eigenvalue weighted by Crippen LogP contribution is 2.27.